The number of aliphatic imine (C=N–C) groups is 1. The van der Waals surface area contributed by atoms with Gasteiger partial charge in [0.2, 0.25) is 5.91 Å². The van der Waals surface area contributed by atoms with Gasteiger partial charge in [-0.3, -0.25) is 4.79 Å². The van der Waals surface area contributed by atoms with Crippen LogP contribution >= 0.6 is 35.0 Å². The number of hydrogen-bond donors (Lipinski definition) is 1. The van der Waals surface area contributed by atoms with Crippen LogP contribution in [0, 0.1) is 0 Å². The molecule has 0 aromatic heterocycles. The van der Waals surface area contributed by atoms with Gasteiger partial charge in [0.15, 0.2) is 11.5 Å². The van der Waals surface area contributed by atoms with Gasteiger partial charge in [-0.1, -0.05) is 54.0 Å². The first-order chi connectivity index (χ1) is 17.3. The fourth-order valence-electron chi connectivity index (χ4n) is 3.21. The van der Waals surface area contributed by atoms with Gasteiger partial charge in [0.05, 0.1) is 28.7 Å². The van der Waals surface area contributed by atoms with Crippen molar-refractivity contribution in [1.82, 2.24) is 0 Å². The van der Waals surface area contributed by atoms with Gasteiger partial charge in [-0.2, -0.15) is 0 Å². The number of hydrogen-bond acceptors (Lipinski definition) is 7. The molecule has 1 heterocycles. The molecule has 1 amide bonds. The lowest BCUT2D eigenvalue weighted by molar-refractivity contribution is -0.138. The number of aliphatic hydroxyl groups is 1. The molecule has 1 N–H and O–H groups in total. The number of carbonyl (C=O) groups is 2. The molecule has 0 atom stereocenters. The molecule has 0 bridgehead atoms. The van der Waals surface area contributed by atoms with E-state index in [2.05, 4.69) is 4.99 Å². The highest BCUT2D eigenvalue weighted by Gasteiger charge is 2.33. The van der Waals surface area contributed by atoms with E-state index < -0.39 is 5.97 Å². The predicted molar refractivity (Wildman–Crippen MR) is 143 cm³/mol. The summed E-state index contributed by atoms with van der Waals surface area (Å²) in [6.45, 7) is 3.89. The van der Waals surface area contributed by atoms with Crippen molar-refractivity contribution in [2.45, 2.75) is 33.3 Å². The summed E-state index contributed by atoms with van der Waals surface area (Å²) in [5.41, 5.74) is 1.39. The second-order valence-corrected chi connectivity index (χ2v) is 9.41. The van der Waals surface area contributed by atoms with E-state index in [1.54, 1.807) is 43.3 Å². The number of benzene rings is 2. The summed E-state index contributed by atoms with van der Waals surface area (Å²) in [5.74, 6) is -0.434. The summed E-state index contributed by atoms with van der Waals surface area (Å²) in [5, 5.41) is 11.8. The molecule has 0 unspecified atom stereocenters. The lowest BCUT2D eigenvalue weighted by Crippen LogP contribution is -2.14. The molecule has 1 aliphatic rings. The highest BCUT2D eigenvalue weighted by atomic mass is 35.5. The van der Waals surface area contributed by atoms with Gasteiger partial charge < -0.3 is 19.3 Å². The number of carbonyl (C=O) groups excluding carboxylic acids is 2. The fraction of sp³-hybridized carbons (Fsp3) is 0.269. The van der Waals surface area contributed by atoms with Crippen LogP contribution in [0.1, 0.15) is 37.8 Å². The lowest BCUT2D eigenvalue weighted by atomic mass is 10.1. The van der Waals surface area contributed by atoms with Gasteiger partial charge in [0.1, 0.15) is 23.0 Å². The SMILES string of the molecule is CCCC(=O)N=C1S/C(=C\c2ccc(OCc3ccc(Cl)c(Cl)c3)c(OC)c2)C(O)=C1C(=O)OCC. The van der Waals surface area contributed by atoms with Gasteiger partial charge >= 0.3 is 5.97 Å². The number of nitrogens with zero attached hydrogens (tertiary/aromatic N) is 1. The number of methoxy groups -OCH3 is 1. The number of halogens is 2. The Bertz CT molecular complexity index is 1250. The van der Waals surface area contributed by atoms with Gasteiger partial charge in [0, 0.05) is 6.42 Å². The van der Waals surface area contributed by atoms with Crippen molar-refractivity contribution < 1.29 is 28.9 Å². The van der Waals surface area contributed by atoms with E-state index in [0.717, 1.165) is 17.3 Å². The van der Waals surface area contributed by atoms with Crippen molar-refractivity contribution in [2.24, 2.45) is 4.99 Å². The van der Waals surface area contributed by atoms with Gasteiger partial charge in [-0.15, -0.1) is 0 Å². The zero-order chi connectivity index (χ0) is 26.2. The molecule has 2 aromatic carbocycles. The Balaban J connectivity index is 1.87. The average molecular weight is 550 g/mol. The van der Waals surface area contributed by atoms with Crippen LogP contribution < -0.4 is 9.47 Å². The second-order valence-electron chi connectivity index (χ2n) is 7.56. The largest absolute Gasteiger partial charge is 0.506 e. The molecular formula is C26H25Cl2NO6S. The molecule has 3 rings (SSSR count). The van der Waals surface area contributed by atoms with Crippen LogP contribution in [0.3, 0.4) is 0 Å². The number of aliphatic hydroxyl groups excluding tert-OH is 1. The van der Waals surface area contributed by atoms with Crippen LogP contribution in [0.15, 0.2) is 57.6 Å². The normalized spacial score (nSPS) is 15.5. The Labute approximate surface area is 223 Å². The average Bonchev–Trinajstić information content (AvgIpc) is 3.14. The molecule has 190 valence electrons. The van der Waals surface area contributed by atoms with Crippen molar-refractivity contribution in [1.29, 1.82) is 0 Å². The summed E-state index contributed by atoms with van der Waals surface area (Å²) >= 11 is 13.1. The third kappa shape index (κ3) is 6.84. The van der Waals surface area contributed by atoms with E-state index in [1.807, 2.05) is 13.0 Å². The summed E-state index contributed by atoms with van der Waals surface area (Å²) in [7, 11) is 1.52. The standard InChI is InChI=1S/C26H25Cl2NO6S/c1-4-6-22(30)29-25-23(26(32)34-5-2)24(31)21(36-25)13-15-8-10-19(20(12-15)33-3)35-14-16-7-9-17(27)18(28)11-16/h7-13,31H,4-6,14H2,1-3H3/b21-13-,29-25?. The number of rotatable bonds is 9. The maximum Gasteiger partial charge on any atom is 0.344 e. The Morgan fingerprint density at radius 3 is 2.53 bits per heavy atom. The highest BCUT2D eigenvalue weighted by Crippen LogP contribution is 2.40. The summed E-state index contributed by atoms with van der Waals surface area (Å²) in [4.78, 5) is 28.9. The molecule has 0 spiro atoms. The van der Waals surface area contributed by atoms with Gasteiger partial charge in [-0.05, 0) is 54.8 Å². The summed E-state index contributed by atoms with van der Waals surface area (Å²) in [6, 6.07) is 10.5. The minimum atomic E-state index is -0.738. The molecule has 0 fully saturated rings. The van der Waals surface area contributed by atoms with Crippen LogP contribution in [-0.2, 0) is 20.9 Å². The third-order valence-electron chi connectivity index (χ3n) is 4.92. The number of ether oxygens (including phenoxy) is 3. The second kappa shape index (κ2) is 12.9. The molecule has 0 radical (unpaired) electrons. The number of thioether (sulfide) groups is 1. The molecule has 7 nitrogen and oxygen atoms in total. The first-order valence-electron chi connectivity index (χ1n) is 11.1. The van der Waals surface area contributed by atoms with Crippen molar-refractivity contribution in [3.63, 3.8) is 0 Å². The van der Waals surface area contributed by atoms with Crippen LogP contribution in [0.2, 0.25) is 10.0 Å². The molecule has 10 heteroatoms. The molecular weight excluding hydrogens is 525 g/mol. The minimum absolute atomic E-state index is 0.115. The van der Waals surface area contributed by atoms with Crippen molar-refractivity contribution in [3.05, 3.63) is 73.8 Å². The van der Waals surface area contributed by atoms with Crippen LogP contribution in [-0.4, -0.2) is 35.7 Å². The van der Waals surface area contributed by atoms with Crippen LogP contribution in [0.5, 0.6) is 11.5 Å². The first kappa shape index (κ1) is 27.6. The Morgan fingerprint density at radius 2 is 1.86 bits per heavy atom. The van der Waals surface area contributed by atoms with E-state index in [4.69, 9.17) is 37.4 Å². The summed E-state index contributed by atoms with van der Waals surface area (Å²) < 4.78 is 16.4. The molecule has 36 heavy (non-hydrogen) atoms. The van der Waals surface area contributed by atoms with Crippen molar-refractivity contribution in [2.75, 3.05) is 13.7 Å². The molecule has 2 aromatic rings. The molecule has 0 aliphatic carbocycles. The molecule has 1 aliphatic heterocycles. The number of esters is 1. The van der Waals surface area contributed by atoms with Crippen LogP contribution in [0.25, 0.3) is 6.08 Å². The van der Waals surface area contributed by atoms with E-state index in [1.165, 1.54) is 7.11 Å². The number of amides is 1. The Kier molecular flexibility index (Phi) is 9.87. The predicted octanol–water partition coefficient (Wildman–Crippen LogP) is 6.77. The van der Waals surface area contributed by atoms with E-state index in [0.29, 0.717) is 38.4 Å². The van der Waals surface area contributed by atoms with E-state index in [-0.39, 0.29) is 41.9 Å². The first-order valence-corrected chi connectivity index (χ1v) is 12.7. The zero-order valence-electron chi connectivity index (χ0n) is 20.0. The van der Waals surface area contributed by atoms with Crippen LogP contribution in [0.4, 0.5) is 0 Å². The topological polar surface area (TPSA) is 94.4 Å². The van der Waals surface area contributed by atoms with Gasteiger partial charge in [-0.25, -0.2) is 9.79 Å². The van der Waals surface area contributed by atoms with Crippen molar-refractivity contribution >= 4 is 58.0 Å². The van der Waals surface area contributed by atoms with Crippen molar-refractivity contribution in [3.8, 4) is 11.5 Å². The maximum absolute atomic E-state index is 12.5. The lowest BCUT2D eigenvalue weighted by Gasteiger charge is -2.12. The maximum atomic E-state index is 12.5. The highest BCUT2D eigenvalue weighted by molar-refractivity contribution is 8.18. The quantitative estimate of drug-likeness (QED) is 0.345. The smallest absolute Gasteiger partial charge is 0.344 e. The minimum Gasteiger partial charge on any atom is -0.506 e. The Morgan fingerprint density at radius 1 is 1.08 bits per heavy atom. The zero-order valence-corrected chi connectivity index (χ0v) is 22.3. The molecule has 0 saturated heterocycles. The van der Waals surface area contributed by atoms with E-state index >= 15 is 0 Å². The third-order valence-corrected chi connectivity index (χ3v) is 6.68. The Hall–Kier alpha value is -2.94. The summed E-state index contributed by atoms with van der Waals surface area (Å²) in [6.07, 6.45) is 2.52. The fourth-order valence-corrected chi connectivity index (χ4v) is 4.56. The molecule has 0 saturated carbocycles. The van der Waals surface area contributed by atoms with E-state index in [9.17, 15) is 14.7 Å². The monoisotopic (exact) mass is 549 g/mol. The van der Waals surface area contributed by atoms with Gasteiger partial charge in [0.25, 0.3) is 0 Å².